The Morgan fingerprint density at radius 2 is 1.33 bits per heavy atom. The quantitative estimate of drug-likeness (QED) is 0.0827. The third-order valence-electron chi connectivity index (χ3n) is 19.4. The standard InChI is InChI=1S/C52H82O21/c1-23(24(2)53)11-16-52(47(65)73-45-41(64)38(61)36(59)29(70-45)22-68-46-42(35(58)28(55)21-67-46)72-44-40(63)37(60)33(56)25(3)69-44)18-17-50(7)26(19-52)9-10-31-49(6)14-13-32(48(4,5)30(49)12-15-51(31,50)8)71-43-39(62)34(57)27(54)20-66-43/h9-10,19,23,25,27-46,54-64H,11-18,20-22H2,1-8H3. The Kier molecular flexibility index (Phi) is 16.6. The number of fused-ring (bicyclic) bond motifs is 5. The van der Waals surface area contributed by atoms with Gasteiger partial charge >= 0.3 is 5.97 Å². The number of Topliss-reactive ketones (excluding diaryl/α,β-unsaturated/α-hetero) is 1. The smallest absolute Gasteiger partial charge is 0.318 e. The van der Waals surface area contributed by atoms with Crippen LogP contribution in [0.3, 0.4) is 0 Å². The highest BCUT2D eigenvalue weighted by molar-refractivity contribution is 5.81. The van der Waals surface area contributed by atoms with Crippen LogP contribution in [0.2, 0.25) is 0 Å². The summed E-state index contributed by atoms with van der Waals surface area (Å²) in [6.45, 7) is 14.9. The zero-order chi connectivity index (χ0) is 53.5. The van der Waals surface area contributed by atoms with Crippen LogP contribution in [-0.2, 0) is 47.5 Å². The van der Waals surface area contributed by atoms with Crippen molar-refractivity contribution in [3.05, 3.63) is 23.8 Å². The van der Waals surface area contributed by atoms with E-state index in [1.807, 2.05) is 6.08 Å². The molecule has 8 aliphatic rings. The summed E-state index contributed by atoms with van der Waals surface area (Å²) >= 11 is 0. The van der Waals surface area contributed by atoms with Gasteiger partial charge in [-0.15, -0.1) is 0 Å². The first-order valence-corrected chi connectivity index (χ1v) is 26.2. The molecule has 21 heteroatoms. The van der Waals surface area contributed by atoms with Crippen molar-refractivity contribution in [3.8, 4) is 0 Å². The SMILES string of the molecule is CC(=O)C(C)CCC1(C(=O)OC2OC(COC3OCC(O)C(O)C3OC3OC(C)C(O)C(O)C3O)C(O)C(O)C2O)C=C2C=CC3C4(C)CCC(OC5OCC(O)C(O)C5O)C(C)(C)C4CCC3(C)C2(C)CC1. The third kappa shape index (κ3) is 10.1. The van der Waals surface area contributed by atoms with Crippen LogP contribution in [0.25, 0.3) is 0 Å². The molecule has 4 aliphatic carbocycles. The summed E-state index contributed by atoms with van der Waals surface area (Å²) in [5.74, 6) is -0.874. The Morgan fingerprint density at radius 1 is 0.699 bits per heavy atom. The lowest BCUT2D eigenvalue weighted by Gasteiger charge is -2.69. The monoisotopic (exact) mass is 1040 g/mol. The fourth-order valence-corrected chi connectivity index (χ4v) is 14.1. The number of hydrogen-bond donors (Lipinski definition) is 11. The minimum Gasteiger partial charge on any atom is -0.432 e. The summed E-state index contributed by atoms with van der Waals surface area (Å²) in [7, 11) is 0. The van der Waals surface area contributed by atoms with Gasteiger partial charge in [0.2, 0.25) is 6.29 Å². The molecular formula is C52H82O21. The maximum absolute atomic E-state index is 14.9. The maximum atomic E-state index is 14.9. The minimum absolute atomic E-state index is 0.0485. The Morgan fingerprint density at radius 3 is 2.01 bits per heavy atom. The largest absolute Gasteiger partial charge is 0.432 e. The van der Waals surface area contributed by atoms with Crippen LogP contribution >= 0.6 is 0 Å². The number of carbonyl (C=O) groups excluding carboxylic acids is 2. The number of hydrogen-bond acceptors (Lipinski definition) is 21. The van der Waals surface area contributed by atoms with Gasteiger partial charge in [0.05, 0.1) is 37.4 Å². The second-order valence-corrected chi connectivity index (χ2v) is 24.0. The third-order valence-corrected chi connectivity index (χ3v) is 19.4. The summed E-state index contributed by atoms with van der Waals surface area (Å²) in [5.41, 5.74) is -1.58. The van der Waals surface area contributed by atoms with Crippen molar-refractivity contribution >= 4 is 11.8 Å². The van der Waals surface area contributed by atoms with E-state index in [-0.39, 0.29) is 58.9 Å². The van der Waals surface area contributed by atoms with Gasteiger partial charge in [0.25, 0.3) is 0 Å². The predicted molar refractivity (Wildman–Crippen MR) is 252 cm³/mol. The predicted octanol–water partition coefficient (Wildman–Crippen LogP) is -0.384. The second kappa shape index (κ2) is 21.3. The Labute approximate surface area is 426 Å². The van der Waals surface area contributed by atoms with Crippen molar-refractivity contribution in [3.63, 3.8) is 0 Å². The molecule has 0 aromatic rings. The van der Waals surface area contributed by atoms with Gasteiger partial charge in [0, 0.05) is 5.92 Å². The van der Waals surface area contributed by atoms with Gasteiger partial charge in [0.1, 0.15) is 85.1 Å². The Bertz CT molecular complexity index is 2040. The van der Waals surface area contributed by atoms with Gasteiger partial charge in [0.15, 0.2) is 18.9 Å². The molecule has 0 aromatic carbocycles. The average molecular weight is 1040 g/mol. The number of ether oxygens (including phenoxy) is 8. The molecule has 416 valence electrons. The van der Waals surface area contributed by atoms with Crippen molar-refractivity contribution in [1.29, 1.82) is 0 Å². The molecule has 26 atom stereocenters. The molecule has 73 heavy (non-hydrogen) atoms. The molecular weight excluding hydrogens is 961 g/mol. The first kappa shape index (κ1) is 57.1. The molecule has 0 radical (unpaired) electrons. The van der Waals surface area contributed by atoms with Gasteiger partial charge in [-0.2, -0.15) is 0 Å². The van der Waals surface area contributed by atoms with Gasteiger partial charge in [-0.1, -0.05) is 59.8 Å². The molecule has 0 aromatic heterocycles. The maximum Gasteiger partial charge on any atom is 0.318 e. The lowest BCUT2D eigenvalue weighted by molar-refractivity contribution is -0.359. The summed E-state index contributed by atoms with van der Waals surface area (Å²) in [5, 5.41) is 117. The first-order chi connectivity index (χ1) is 34.1. The van der Waals surface area contributed by atoms with E-state index in [4.69, 9.17) is 37.9 Å². The molecule has 4 aliphatic heterocycles. The normalized spacial score (nSPS) is 51.2. The number of allylic oxidation sites excluding steroid dienone is 3. The van der Waals surface area contributed by atoms with Crippen LogP contribution in [-0.4, -0.2) is 204 Å². The second-order valence-electron chi connectivity index (χ2n) is 24.0. The van der Waals surface area contributed by atoms with Crippen molar-refractivity contribution < 1.29 is 104 Å². The molecule has 4 heterocycles. The molecule has 26 unspecified atom stereocenters. The van der Waals surface area contributed by atoms with E-state index >= 15 is 0 Å². The molecule has 11 N–H and O–H groups in total. The summed E-state index contributed by atoms with van der Waals surface area (Å²) in [6, 6.07) is 0. The van der Waals surface area contributed by atoms with E-state index < -0.39 is 141 Å². The van der Waals surface area contributed by atoms with Gasteiger partial charge in [-0.25, -0.2) is 0 Å². The lowest BCUT2D eigenvalue weighted by Crippen LogP contribution is -2.64. The molecule has 8 rings (SSSR count). The topological polar surface area (TPSA) is 331 Å². The molecule has 0 bridgehead atoms. The molecule has 6 fully saturated rings. The fourth-order valence-electron chi connectivity index (χ4n) is 14.1. The minimum atomic E-state index is -1.91. The highest BCUT2D eigenvalue weighted by atomic mass is 16.8. The van der Waals surface area contributed by atoms with E-state index in [0.717, 1.165) is 24.8 Å². The van der Waals surface area contributed by atoms with Crippen molar-refractivity contribution in [2.45, 2.75) is 223 Å². The number of carbonyl (C=O) groups is 2. The van der Waals surface area contributed by atoms with Gasteiger partial charge in [-0.3, -0.25) is 9.59 Å². The highest BCUT2D eigenvalue weighted by Crippen LogP contribution is 2.73. The van der Waals surface area contributed by atoms with Crippen molar-refractivity contribution in [1.82, 2.24) is 0 Å². The van der Waals surface area contributed by atoms with Crippen LogP contribution < -0.4 is 0 Å². The average Bonchev–Trinajstić information content (AvgIpc) is 3.34. The molecule has 21 nitrogen and oxygen atoms in total. The van der Waals surface area contributed by atoms with Crippen molar-refractivity contribution in [2.24, 2.45) is 44.8 Å². The van der Waals surface area contributed by atoms with Gasteiger partial charge in [-0.05, 0) is 104 Å². The number of rotatable bonds is 13. The number of esters is 1. The van der Waals surface area contributed by atoms with Crippen LogP contribution in [0.5, 0.6) is 0 Å². The van der Waals surface area contributed by atoms with E-state index in [2.05, 4.69) is 46.8 Å². The molecule has 0 spiro atoms. The molecule has 4 saturated heterocycles. The van der Waals surface area contributed by atoms with Crippen LogP contribution in [0.15, 0.2) is 23.8 Å². The van der Waals surface area contributed by atoms with E-state index in [9.17, 15) is 65.8 Å². The van der Waals surface area contributed by atoms with Crippen LogP contribution in [0, 0.1) is 44.8 Å². The lowest BCUT2D eigenvalue weighted by atomic mass is 9.36. The summed E-state index contributed by atoms with van der Waals surface area (Å²) < 4.78 is 46.9. The zero-order valence-electron chi connectivity index (χ0n) is 43.2. The van der Waals surface area contributed by atoms with Crippen LogP contribution in [0.4, 0.5) is 0 Å². The highest BCUT2D eigenvalue weighted by Gasteiger charge is 2.67. The Hall–Kier alpha value is -2.10. The van der Waals surface area contributed by atoms with Gasteiger partial charge < -0.3 is 94.1 Å². The number of ketones is 1. The molecule has 0 amide bonds. The van der Waals surface area contributed by atoms with E-state index in [1.54, 1.807) is 6.92 Å². The first-order valence-electron chi connectivity index (χ1n) is 26.2. The molecule has 2 saturated carbocycles. The Balaban J connectivity index is 1.00. The zero-order valence-corrected chi connectivity index (χ0v) is 43.2. The van der Waals surface area contributed by atoms with E-state index in [1.165, 1.54) is 13.8 Å². The fraction of sp³-hybridized carbons (Fsp3) is 0.885. The number of aliphatic hydroxyl groups is 11. The van der Waals surface area contributed by atoms with E-state index in [0.29, 0.717) is 25.7 Å². The van der Waals surface area contributed by atoms with Crippen molar-refractivity contribution in [2.75, 3.05) is 19.8 Å². The van der Waals surface area contributed by atoms with Crippen LogP contribution in [0.1, 0.15) is 107 Å². The summed E-state index contributed by atoms with van der Waals surface area (Å²) in [4.78, 5) is 27.5. The summed E-state index contributed by atoms with van der Waals surface area (Å²) in [6.07, 6.45) is -16.9. The number of aliphatic hydroxyl groups excluding tert-OH is 11.